The molecular formula is C13H17ClN2O2. The van der Waals surface area contributed by atoms with Gasteiger partial charge in [-0.05, 0) is 43.9 Å². The largest absolute Gasteiger partial charge is 0.446 e. The van der Waals surface area contributed by atoms with Crippen molar-refractivity contribution in [1.82, 2.24) is 0 Å². The first-order chi connectivity index (χ1) is 8.54. The van der Waals surface area contributed by atoms with Crippen LogP contribution in [-0.4, -0.2) is 18.2 Å². The number of nitrogens with one attached hydrogen (secondary N) is 1. The smallest absolute Gasteiger partial charge is 0.411 e. The summed E-state index contributed by atoms with van der Waals surface area (Å²) in [5.41, 5.74) is 7.37. The summed E-state index contributed by atoms with van der Waals surface area (Å²) in [6.07, 6.45) is 1.97. The standard InChI is InChI=1S/C13H17ClN2O2/c1-8-2-4-10(7-12(8)14)16-13(17)18-11-5-3-9(15)6-11/h2,4,7,9,11H,3,5-6,15H2,1H3,(H,16,17). The Morgan fingerprint density at radius 2 is 2.28 bits per heavy atom. The van der Waals surface area contributed by atoms with Crippen LogP contribution >= 0.6 is 11.6 Å². The van der Waals surface area contributed by atoms with E-state index < -0.39 is 6.09 Å². The molecule has 5 heteroatoms. The van der Waals surface area contributed by atoms with Gasteiger partial charge in [-0.2, -0.15) is 0 Å². The molecule has 1 aliphatic rings. The van der Waals surface area contributed by atoms with Crippen LogP contribution < -0.4 is 11.1 Å². The molecule has 0 bridgehead atoms. The highest BCUT2D eigenvalue weighted by Gasteiger charge is 2.24. The molecule has 98 valence electrons. The number of carbonyl (C=O) groups excluding carboxylic acids is 1. The highest BCUT2D eigenvalue weighted by molar-refractivity contribution is 6.31. The van der Waals surface area contributed by atoms with Gasteiger partial charge in [-0.15, -0.1) is 0 Å². The Balaban J connectivity index is 1.89. The van der Waals surface area contributed by atoms with Crippen LogP contribution in [0.1, 0.15) is 24.8 Å². The third-order valence-corrected chi connectivity index (χ3v) is 3.52. The van der Waals surface area contributed by atoms with E-state index in [2.05, 4.69) is 5.32 Å². The predicted molar refractivity (Wildman–Crippen MR) is 71.9 cm³/mol. The molecule has 0 saturated heterocycles. The summed E-state index contributed by atoms with van der Waals surface area (Å²) >= 11 is 5.98. The average Bonchev–Trinajstić information content (AvgIpc) is 2.69. The highest BCUT2D eigenvalue weighted by Crippen LogP contribution is 2.22. The van der Waals surface area contributed by atoms with E-state index in [0.29, 0.717) is 10.7 Å². The fourth-order valence-electron chi connectivity index (χ4n) is 2.05. The van der Waals surface area contributed by atoms with Crippen LogP contribution in [0, 0.1) is 6.92 Å². The van der Waals surface area contributed by atoms with Gasteiger partial charge in [-0.1, -0.05) is 17.7 Å². The van der Waals surface area contributed by atoms with E-state index in [0.717, 1.165) is 24.8 Å². The second-order valence-electron chi connectivity index (χ2n) is 4.69. The van der Waals surface area contributed by atoms with Crippen LogP contribution in [0.15, 0.2) is 18.2 Å². The molecule has 2 atom stereocenters. The maximum absolute atomic E-state index is 11.7. The van der Waals surface area contributed by atoms with E-state index in [9.17, 15) is 4.79 Å². The topological polar surface area (TPSA) is 64.3 Å². The zero-order valence-electron chi connectivity index (χ0n) is 10.3. The van der Waals surface area contributed by atoms with Crippen molar-refractivity contribution in [3.8, 4) is 0 Å². The normalized spacial score (nSPS) is 22.8. The zero-order valence-corrected chi connectivity index (χ0v) is 11.0. The Labute approximate surface area is 111 Å². The van der Waals surface area contributed by atoms with Gasteiger partial charge < -0.3 is 10.5 Å². The molecule has 2 rings (SSSR count). The van der Waals surface area contributed by atoms with Gasteiger partial charge in [0.2, 0.25) is 0 Å². The Morgan fingerprint density at radius 1 is 1.50 bits per heavy atom. The molecule has 1 saturated carbocycles. The SMILES string of the molecule is Cc1ccc(NC(=O)OC2CCC(N)C2)cc1Cl. The van der Waals surface area contributed by atoms with Gasteiger partial charge in [-0.3, -0.25) is 5.32 Å². The quantitative estimate of drug-likeness (QED) is 0.866. The fourth-order valence-corrected chi connectivity index (χ4v) is 2.23. The van der Waals surface area contributed by atoms with Crippen LogP contribution in [0.2, 0.25) is 5.02 Å². The molecule has 0 heterocycles. The van der Waals surface area contributed by atoms with Crippen molar-refractivity contribution in [2.24, 2.45) is 5.73 Å². The van der Waals surface area contributed by atoms with Gasteiger partial charge in [-0.25, -0.2) is 4.79 Å². The predicted octanol–water partition coefficient (Wildman–Crippen LogP) is 3.08. The van der Waals surface area contributed by atoms with E-state index in [1.165, 1.54) is 0 Å². The Bertz CT molecular complexity index is 451. The van der Waals surface area contributed by atoms with Gasteiger partial charge in [0, 0.05) is 16.8 Å². The van der Waals surface area contributed by atoms with Crippen molar-refractivity contribution < 1.29 is 9.53 Å². The highest BCUT2D eigenvalue weighted by atomic mass is 35.5. The molecule has 18 heavy (non-hydrogen) atoms. The summed E-state index contributed by atoms with van der Waals surface area (Å²) in [6.45, 7) is 1.91. The molecule has 4 nitrogen and oxygen atoms in total. The Kier molecular flexibility index (Phi) is 4.09. The number of aryl methyl sites for hydroxylation is 1. The van der Waals surface area contributed by atoms with Crippen molar-refractivity contribution >= 4 is 23.4 Å². The van der Waals surface area contributed by atoms with Gasteiger partial charge in [0.25, 0.3) is 0 Å². The minimum absolute atomic E-state index is 0.0686. The number of amides is 1. The van der Waals surface area contributed by atoms with Crippen molar-refractivity contribution in [2.75, 3.05) is 5.32 Å². The first kappa shape index (κ1) is 13.2. The van der Waals surface area contributed by atoms with Crippen molar-refractivity contribution in [1.29, 1.82) is 0 Å². The molecule has 0 spiro atoms. The van der Waals surface area contributed by atoms with E-state index in [1.807, 2.05) is 13.0 Å². The molecule has 0 radical (unpaired) electrons. The third-order valence-electron chi connectivity index (χ3n) is 3.12. The number of nitrogens with two attached hydrogens (primary N) is 1. The summed E-state index contributed by atoms with van der Waals surface area (Å²) in [5, 5.41) is 3.29. The summed E-state index contributed by atoms with van der Waals surface area (Å²) in [6, 6.07) is 5.50. The first-order valence-electron chi connectivity index (χ1n) is 6.04. The lowest BCUT2D eigenvalue weighted by atomic mass is 10.2. The lowest BCUT2D eigenvalue weighted by Crippen LogP contribution is -2.22. The Morgan fingerprint density at radius 3 is 2.89 bits per heavy atom. The molecule has 1 aliphatic carbocycles. The summed E-state index contributed by atoms with van der Waals surface area (Å²) in [7, 11) is 0. The summed E-state index contributed by atoms with van der Waals surface area (Å²) in [4.78, 5) is 11.7. The van der Waals surface area contributed by atoms with Crippen LogP contribution in [0.25, 0.3) is 0 Å². The molecule has 0 aliphatic heterocycles. The number of hydrogen-bond donors (Lipinski definition) is 2. The zero-order chi connectivity index (χ0) is 13.1. The molecule has 1 fully saturated rings. The lowest BCUT2D eigenvalue weighted by Gasteiger charge is -2.13. The van der Waals surface area contributed by atoms with E-state index in [1.54, 1.807) is 12.1 Å². The average molecular weight is 269 g/mol. The molecule has 3 N–H and O–H groups in total. The van der Waals surface area contributed by atoms with Gasteiger partial charge >= 0.3 is 6.09 Å². The number of anilines is 1. The molecule has 1 aromatic rings. The monoisotopic (exact) mass is 268 g/mol. The van der Waals surface area contributed by atoms with E-state index >= 15 is 0 Å². The molecule has 2 unspecified atom stereocenters. The second-order valence-corrected chi connectivity index (χ2v) is 5.10. The van der Waals surface area contributed by atoms with Crippen LogP contribution in [0.3, 0.4) is 0 Å². The summed E-state index contributed by atoms with van der Waals surface area (Å²) in [5.74, 6) is 0. The van der Waals surface area contributed by atoms with Crippen molar-refractivity contribution in [3.63, 3.8) is 0 Å². The summed E-state index contributed by atoms with van der Waals surface area (Å²) < 4.78 is 5.28. The van der Waals surface area contributed by atoms with E-state index in [-0.39, 0.29) is 12.1 Å². The number of carbonyl (C=O) groups is 1. The number of halogens is 1. The lowest BCUT2D eigenvalue weighted by molar-refractivity contribution is 0.114. The van der Waals surface area contributed by atoms with Crippen LogP contribution in [-0.2, 0) is 4.74 Å². The maximum atomic E-state index is 11.7. The van der Waals surface area contributed by atoms with E-state index in [4.69, 9.17) is 22.1 Å². The molecule has 1 amide bonds. The molecule has 0 aromatic heterocycles. The van der Waals surface area contributed by atoms with Crippen molar-refractivity contribution in [2.45, 2.75) is 38.3 Å². The van der Waals surface area contributed by atoms with Gasteiger partial charge in [0.15, 0.2) is 0 Å². The molecule has 1 aromatic carbocycles. The number of hydrogen-bond acceptors (Lipinski definition) is 3. The minimum atomic E-state index is -0.450. The number of rotatable bonds is 2. The van der Waals surface area contributed by atoms with Crippen molar-refractivity contribution in [3.05, 3.63) is 28.8 Å². The second kappa shape index (κ2) is 5.59. The third kappa shape index (κ3) is 3.37. The first-order valence-corrected chi connectivity index (χ1v) is 6.42. The number of benzene rings is 1. The van der Waals surface area contributed by atoms with Gasteiger partial charge in [0.1, 0.15) is 6.10 Å². The van der Waals surface area contributed by atoms with Crippen LogP contribution in [0.5, 0.6) is 0 Å². The van der Waals surface area contributed by atoms with Gasteiger partial charge in [0.05, 0.1) is 0 Å². The minimum Gasteiger partial charge on any atom is -0.446 e. The maximum Gasteiger partial charge on any atom is 0.411 e. The van der Waals surface area contributed by atoms with Crippen LogP contribution in [0.4, 0.5) is 10.5 Å². The Hall–Kier alpha value is -1.26. The molecular weight excluding hydrogens is 252 g/mol. The number of ether oxygens (including phenoxy) is 1. The fraction of sp³-hybridized carbons (Fsp3) is 0.462.